The normalized spacial score (nSPS) is 10.3. The van der Waals surface area contributed by atoms with Gasteiger partial charge in [-0.05, 0) is 31.2 Å². The Hall–Kier alpha value is -1.77. The Morgan fingerprint density at radius 2 is 2.00 bits per heavy atom. The SMILES string of the molecule is COc1cc(F)cc(-c2ccc(C)o2)c1. The molecule has 2 rings (SSSR count). The third-order valence-corrected chi connectivity index (χ3v) is 2.13. The lowest BCUT2D eigenvalue weighted by Gasteiger charge is -2.02. The van der Waals surface area contributed by atoms with E-state index < -0.39 is 0 Å². The van der Waals surface area contributed by atoms with Crippen molar-refractivity contribution in [3.63, 3.8) is 0 Å². The Labute approximate surface area is 87.3 Å². The summed E-state index contributed by atoms with van der Waals surface area (Å²) in [5.41, 5.74) is 0.681. The van der Waals surface area contributed by atoms with Gasteiger partial charge in [0.2, 0.25) is 0 Å². The number of benzene rings is 1. The summed E-state index contributed by atoms with van der Waals surface area (Å²) in [6, 6.07) is 8.14. The molecular formula is C12H11FO2. The van der Waals surface area contributed by atoms with Crippen LogP contribution in [-0.2, 0) is 0 Å². The van der Waals surface area contributed by atoms with Crippen LogP contribution in [0.5, 0.6) is 5.75 Å². The zero-order valence-electron chi connectivity index (χ0n) is 8.58. The molecule has 78 valence electrons. The van der Waals surface area contributed by atoms with Gasteiger partial charge in [-0.15, -0.1) is 0 Å². The smallest absolute Gasteiger partial charge is 0.134 e. The van der Waals surface area contributed by atoms with Gasteiger partial charge >= 0.3 is 0 Å². The van der Waals surface area contributed by atoms with Crippen LogP contribution >= 0.6 is 0 Å². The third-order valence-electron chi connectivity index (χ3n) is 2.13. The molecule has 0 unspecified atom stereocenters. The molecule has 3 heteroatoms. The lowest BCUT2D eigenvalue weighted by molar-refractivity contribution is 0.411. The van der Waals surface area contributed by atoms with Gasteiger partial charge in [0.05, 0.1) is 7.11 Å². The molecule has 0 atom stereocenters. The van der Waals surface area contributed by atoms with Gasteiger partial charge in [0.15, 0.2) is 0 Å². The van der Waals surface area contributed by atoms with E-state index >= 15 is 0 Å². The summed E-state index contributed by atoms with van der Waals surface area (Å²) >= 11 is 0. The predicted molar refractivity (Wildman–Crippen MR) is 55.4 cm³/mol. The van der Waals surface area contributed by atoms with Gasteiger partial charge < -0.3 is 9.15 Å². The lowest BCUT2D eigenvalue weighted by Crippen LogP contribution is -1.85. The lowest BCUT2D eigenvalue weighted by atomic mass is 10.1. The van der Waals surface area contributed by atoms with Gasteiger partial charge in [-0.3, -0.25) is 0 Å². The Bertz CT molecular complexity index is 474. The van der Waals surface area contributed by atoms with E-state index in [-0.39, 0.29) is 5.82 Å². The minimum atomic E-state index is -0.335. The van der Waals surface area contributed by atoms with E-state index in [0.717, 1.165) is 5.76 Å². The molecule has 2 nitrogen and oxygen atoms in total. The monoisotopic (exact) mass is 206 g/mol. The number of hydrogen-bond acceptors (Lipinski definition) is 2. The van der Waals surface area contributed by atoms with Gasteiger partial charge in [-0.1, -0.05) is 0 Å². The summed E-state index contributed by atoms with van der Waals surface area (Å²) in [5.74, 6) is 1.59. The van der Waals surface area contributed by atoms with Gasteiger partial charge in [0.1, 0.15) is 23.1 Å². The maximum atomic E-state index is 13.2. The third kappa shape index (κ3) is 2.01. The Morgan fingerprint density at radius 3 is 2.60 bits per heavy atom. The quantitative estimate of drug-likeness (QED) is 0.751. The molecule has 2 aromatic rings. The Morgan fingerprint density at radius 1 is 1.20 bits per heavy atom. The molecule has 0 saturated heterocycles. The molecule has 0 saturated carbocycles. The molecule has 0 fully saturated rings. The fraction of sp³-hybridized carbons (Fsp3) is 0.167. The zero-order valence-corrected chi connectivity index (χ0v) is 8.58. The highest BCUT2D eigenvalue weighted by atomic mass is 19.1. The van der Waals surface area contributed by atoms with Crippen molar-refractivity contribution in [1.82, 2.24) is 0 Å². The summed E-state index contributed by atoms with van der Waals surface area (Å²) in [6.45, 7) is 1.85. The molecule has 0 radical (unpaired) electrons. The van der Waals surface area contributed by atoms with Crippen molar-refractivity contribution >= 4 is 0 Å². The van der Waals surface area contributed by atoms with Crippen LogP contribution in [0.4, 0.5) is 4.39 Å². The fourth-order valence-corrected chi connectivity index (χ4v) is 1.41. The van der Waals surface area contributed by atoms with Crippen LogP contribution in [0, 0.1) is 12.7 Å². The van der Waals surface area contributed by atoms with Crippen molar-refractivity contribution in [3.05, 3.63) is 41.9 Å². The second-order valence-electron chi connectivity index (χ2n) is 3.29. The minimum Gasteiger partial charge on any atom is -0.497 e. The maximum Gasteiger partial charge on any atom is 0.134 e. The number of furan rings is 1. The number of halogens is 1. The number of hydrogen-bond donors (Lipinski definition) is 0. The predicted octanol–water partition coefficient (Wildman–Crippen LogP) is 3.40. The molecule has 1 aromatic heterocycles. The van der Waals surface area contributed by atoms with Gasteiger partial charge in [-0.25, -0.2) is 4.39 Å². The first-order valence-electron chi connectivity index (χ1n) is 4.60. The zero-order chi connectivity index (χ0) is 10.8. The molecule has 0 aliphatic rings. The van der Waals surface area contributed by atoms with Crippen LogP contribution < -0.4 is 4.74 Å². The summed E-state index contributed by atoms with van der Waals surface area (Å²) < 4.78 is 23.6. The number of rotatable bonds is 2. The highest BCUT2D eigenvalue weighted by molar-refractivity contribution is 5.60. The first-order chi connectivity index (χ1) is 7.19. The fourth-order valence-electron chi connectivity index (χ4n) is 1.41. The molecule has 0 N–H and O–H groups in total. The van der Waals surface area contributed by atoms with Crippen molar-refractivity contribution in [2.24, 2.45) is 0 Å². The average Bonchev–Trinajstić information content (AvgIpc) is 2.64. The standard InChI is InChI=1S/C12H11FO2/c1-8-3-4-12(15-8)9-5-10(13)7-11(6-9)14-2/h3-7H,1-2H3. The van der Waals surface area contributed by atoms with Gasteiger partial charge in [0, 0.05) is 11.6 Å². The maximum absolute atomic E-state index is 13.2. The van der Waals surface area contributed by atoms with E-state index in [4.69, 9.17) is 9.15 Å². The van der Waals surface area contributed by atoms with Crippen molar-refractivity contribution < 1.29 is 13.5 Å². The minimum absolute atomic E-state index is 0.335. The van der Waals surface area contributed by atoms with Gasteiger partial charge in [-0.2, -0.15) is 0 Å². The van der Waals surface area contributed by atoms with Gasteiger partial charge in [0.25, 0.3) is 0 Å². The molecular weight excluding hydrogens is 195 g/mol. The van der Waals surface area contributed by atoms with E-state index in [1.54, 1.807) is 6.07 Å². The van der Waals surface area contributed by atoms with Crippen LogP contribution in [0.15, 0.2) is 34.7 Å². The molecule has 0 aliphatic heterocycles. The Balaban J connectivity index is 2.48. The van der Waals surface area contributed by atoms with E-state index in [2.05, 4.69) is 0 Å². The van der Waals surface area contributed by atoms with E-state index in [0.29, 0.717) is 17.1 Å². The number of methoxy groups -OCH3 is 1. The van der Waals surface area contributed by atoms with Crippen LogP contribution in [-0.4, -0.2) is 7.11 Å². The Kier molecular flexibility index (Phi) is 2.46. The first kappa shape index (κ1) is 9.77. The van der Waals surface area contributed by atoms with E-state index in [9.17, 15) is 4.39 Å². The van der Waals surface area contributed by atoms with Crippen LogP contribution in [0.25, 0.3) is 11.3 Å². The summed E-state index contributed by atoms with van der Waals surface area (Å²) in [7, 11) is 1.51. The van der Waals surface area contributed by atoms with Crippen molar-refractivity contribution in [2.45, 2.75) is 6.92 Å². The largest absolute Gasteiger partial charge is 0.497 e. The number of aryl methyl sites for hydroxylation is 1. The molecule has 0 amide bonds. The highest BCUT2D eigenvalue weighted by Gasteiger charge is 2.06. The molecule has 1 aromatic carbocycles. The first-order valence-corrected chi connectivity index (χ1v) is 4.60. The second kappa shape index (κ2) is 3.77. The van der Waals surface area contributed by atoms with Crippen LogP contribution in [0.3, 0.4) is 0 Å². The molecule has 0 aliphatic carbocycles. The second-order valence-corrected chi connectivity index (χ2v) is 3.29. The topological polar surface area (TPSA) is 22.4 Å². The summed E-state index contributed by atoms with van der Waals surface area (Å²) in [5, 5.41) is 0. The average molecular weight is 206 g/mol. The summed E-state index contributed by atoms with van der Waals surface area (Å²) in [6.07, 6.45) is 0. The van der Waals surface area contributed by atoms with E-state index in [1.165, 1.54) is 19.2 Å². The molecule has 0 spiro atoms. The van der Waals surface area contributed by atoms with Crippen LogP contribution in [0.2, 0.25) is 0 Å². The molecule has 0 bridgehead atoms. The molecule has 15 heavy (non-hydrogen) atoms. The van der Waals surface area contributed by atoms with Crippen molar-refractivity contribution in [3.8, 4) is 17.1 Å². The highest BCUT2D eigenvalue weighted by Crippen LogP contribution is 2.26. The van der Waals surface area contributed by atoms with Crippen molar-refractivity contribution in [2.75, 3.05) is 7.11 Å². The van der Waals surface area contributed by atoms with Crippen molar-refractivity contribution in [1.29, 1.82) is 0 Å². The van der Waals surface area contributed by atoms with Crippen LogP contribution in [0.1, 0.15) is 5.76 Å². The van der Waals surface area contributed by atoms with E-state index in [1.807, 2.05) is 19.1 Å². The summed E-state index contributed by atoms with van der Waals surface area (Å²) in [4.78, 5) is 0. The molecule has 1 heterocycles. The number of ether oxygens (including phenoxy) is 1.